The molecule has 2 aromatic rings. The second-order valence-corrected chi connectivity index (χ2v) is 4.28. The van der Waals surface area contributed by atoms with E-state index in [9.17, 15) is 0 Å². The van der Waals surface area contributed by atoms with Gasteiger partial charge in [-0.25, -0.2) is 0 Å². The summed E-state index contributed by atoms with van der Waals surface area (Å²) in [5, 5.41) is 4.64. The van der Waals surface area contributed by atoms with Gasteiger partial charge in [-0.1, -0.05) is 18.2 Å². The average Bonchev–Trinajstić information content (AvgIpc) is 2.61. The van der Waals surface area contributed by atoms with Gasteiger partial charge in [0.25, 0.3) is 0 Å². The molecule has 0 fully saturated rings. The summed E-state index contributed by atoms with van der Waals surface area (Å²) in [7, 11) is 2.01. The summed E-state index contributed by atoms with van der Waals surface area (Å²) in [4.78, 5) is 0. The summed E-state index contributed by atoms with van der Waals surface area (Å²) in [5.41, 5.74) is 4.40. The Morgan fingerprint density at radius 2 is 2.33 bits per heavy atom. The first kappa shape index (κ1) is 8.98. The number of benzene rings is 1. The van der Waals surface area contributed by atoms with Gasteiger partial charge >= 0.3 is 0 Å². The van der Waals surface area contributed by atoms with Gasteiger partial charge in [-0.3, -0.25) is 0 Å². The van der Waals surface area contributed by atoms with Crippen molar-refractivity contribution in [2.75, 3.05) is 7.05 Å². The van der Waals surface area contributed by atoms with Crippen LogP contribution in [0.5, 0.6) is 0 Å². The van der Waals surface area contributed by atoms with Crippen LogP contribution in [0.15, 0.2) is 24.3 Å². The molecule has 0 bridgehead atoms. The molecule has 0 saturated heterocycles. The first-order chi connectivity index (χ1) is 7.40. The molecule has 1 aromatic heterocycles. The van der Waals surface area contributed by atoms with E-state index in [4.69, 9.17) is 0 Å². The molecule has 15 heavy (non-hydrogen) atoms. The third-order valence-electron chi connectivity index (χ3n) is 3.28. The normalized spacial score (nSPS) is 14.7. The smallest absolute Gasteiger partial charge is 0.0515 e. The minimum atomic E-state index is 0.966. The highest BCUT2D eigenvalue weighted by molar-refractivity contribution is 5.85. The molecule has 0 spiro atoms. The van der Waals surface area contributed by atoms with Gasteiger partial charge in [0.15, 0.2) is 0 Å². The van der Waals surface area contributed by atoms with Gasteiger partial charge in [-0.15, -0.1) is 0 Å². The third kappa shape index (κ3) is 1.29. The standard InChI is InChI=1S/C13H16N2/c1-14-9-12-8-11-5-2-4-10-6-3-7-15(12)13(10)11/h2,4-5,8,14H,3,6-7,9H2,1H3. The molecule has 0 atom stereocenters. The molecular formula is C13H16N2. The van der Waals surface area contributed by atoms with E-state index < -0.39 is 0 Å². The van der Waals surface area contributed by atoms with Crippen LogP contribution in [0.4, 0.5) is 0 Å². The maximum atomic E-state index is 3.24. The van der Waals surface area contributed by atoms with E-state index in [1.54, 1.807) is 0 Å². The van der Waals surface area contributed by atoms with Crippen LogP contribution in [0.2, 0.25) is 0 Å². The quantitative estimate of drug-likeness (QED) is 0.787. The Kier molecular flexibility index (Phi) is 2.03. The largest absolute Gasteiger partial charge is 0.343 e. The van der Waals surface area contributed by atoms with Crippen molar-refractivity contribution in [3.05, 3.63) is 35.5 Å². The lowest BCUT2D eigenvalue weighted by Crippen LogP contribution is -2.14. The first-order valence-electron chi connectivity index (χ1n) is 5.65. The van der Waals surface area contributed by atoms with Gasteiger partial charge in [-0.2, -0.15) is 0 Å². The number of para-hydroxylation sites is 1. The third-order valence-corrected chi connectivity index (χ3v) is 3.28. The molecule has 0 unspecified atom stereocenters. The minimum absolute atomic E-state index is 0.966. The number of nitrogens with zero attached hydrogens (tertiary/aromatic N) is 1. The molecule has 3 rings (SSSR count). The SMILES string of the molecule is CNCc1cc2cccc3c2n1CCC3. The zero-order valence-electron chi connectivity index (χ0n) is 9.09. The molecule has 1 N–H and O–H groups in total. The fraction of sp³-hybridized carbons (Fsp3) is 0.385. The molecule has 0 saturated carbocycles. The summed E-state index contributed by atoms with van der Waals surface area (Å²) in [5.74, 6) is 0. The molecule has 78 valence electrons. The zero-order chi connectivity index (χ0) is 10.3. The molecule has 0 radical (unpaired) electrons. The fourth-order valence-electron chi connectivity index (χ4n) is 2.67. The van der Waals surface area contributed by atoms with E-state index in [2.05, 4.69) is 34.1 Å². The van der Waals surface area contributed by atoms with Crippen molar-refractivity contribution < 1.29 is 0 Å². The van der Waals surface area contributed by atoms with E-state index in [0.29, 0.717) is 0 Å². The average molecular weight is 200 g/mol. The van der Waals surface area contributed by atoms with Gasteiger partial charge in [-0.05, 0) is 31.5 Å². The van der Waals surface area contributed by atoms with Gasteiger partial charge in [0.05, 0.1) is 5.52 Å². The van der Waals surface area contributed by atoms with Crippen molar-refractivity contribution in [3.8, 4) is 0 Å². The Balaban J connectivity index is 2.28. The molecule has 2 heterocycles. The highest BCUT2D eigenvalue weighted by Crippen LogP contribution is 2.28. The number of hydrogen-bond donors (Lipinski definition) is 1. The van der Waals surface area contributed by atoms with E-state index >= 15 is 0 Å². The van der Waals surface area contributed by atoms with Crippen molar-refractivity contribution in [2.45, 2.75) is 25.9 Å². The lowest BCUT2D eigenvalue weighted by Gasteiger charge is -2.17. The van der Waals surface area contributed by atoms with Gasteiger partial charge in [0, 0.05) is 24.2 Å². The van der Waals surface area contributed by atoms with Gasteiger partial charge in [0.1, 0.15) is 0 Å². The lowest BCUT2D eigenvalue weighted by molar-refractivity contribution is 0.599. The maximum Gasteiger partial charge on any atom is 0.0515 e. The van der Waals surface area contributed by atoms with Crippen LogP contribution >= 0.6 is 0 Å². The predicted molar refractivity (Wildman–Crippen MR) is 63.0 cm³/mol. The molecule has 2 heteroatoms. The summed E-state index contributed by atoms with van der Waals surface area (Å²) >= 11 is 0. The van der Waals surface area contributed by atoms with Crippen LogP contribution in [0, 0.1) is 0 Å². The van der Waals surface area contributed by atoms with Crippen molar-refractivity contribution in [1.82, 2.24) is 9.88 Å². The number of aromatic nitrogens is 1. The summed E-state index contributed by atoms with van der Waals surface area (Å²) in [6.45, 7) is 2.14. The summed E-state index contributed by atoms with van der Waals surface area (Å²) < 4.78 is 2.48. The van der Waals surface area contributed by atoms with Gasteiger partial charge < -0.3 is 9.88 Å². The maximum absolute atomic E-state index is 3.24. The molecular weight excluding hydrogens is 184 g/mol. The lowest BCUT2D eigenvalue weighted by atomic mass is 10.0. The van der Waals surface area contributed by atoms with Crippen molar-refractivity contribution in [3.63, 3.8) is 0 Å². The van der Waals surface area contributed by atoms with Gasteiger partial charge in [0.2, 0.25) is 0 Å². The van der Waals surface area contributed by atoms with E-state index in [0.717, 1.165) is 6.54 Å². The minimum Gasteiger partial charge on any atom is -0.343 e. The van der Waals surface area contributed by atoms with Crippen molar-refractivity contribution in [1.29, 1.82) is 0 Å². The predicted octanol–water partition coefficient (Wildman–Crippen LogP) is 2.31. The number of aryl methyl sites for hydroxylation is 2. The van der Waals surface area contributed by atoms with E-state index in [-0.39, 0.29) is 0 Å². The Morgan fingerprint density at radius 1 is 1.40 bits per heavy atom. The summed E-state index contributed by atoms with van der Waals surface area (Å²) in [6.07, 6.45) is 2.51. The van der Waals surface area contributed by atoms with Crippen LogP contribution in [-0.4, -0.2) is 11.6 Å². The Hall–Kier alpha value is -1.28. The fourth-order valence-corrected chi connectivity index (χ4v) is 2.67. The Morgan fingerprint density at radius 3 is 3.20 bits per heavy atom. The molecule has 2 nitrogen and oxygen atoms in total. The van der Waals surface area contributed by atoms with Crippen LogP contribution < -0.4 is 5.32 Å². The highest BCUT2D eigenvalue weighted by Gasteiger charge is 2.15. The van der Waals surface area contributed by atoms with Crippen molar-refractivity contribution >= 4 is 10.9 Å². The molecule has 0 amide bonds. The topological polar surface area (TPSA) is 17.0 Å². The van der Waals surface area contributed by atoms with Crippen LogP contribution in [0.25, 0.3) is 10.9 Å². The molecule has 1 aromatic carbocycles. The second kappa shape index (κ2) is 3.38. The monoisotopic (exact) mass is 200 g/mol. The first-order valence-corrected chi connectivity index (χ1v) is 5.65. The molecule has 0 aliphatic carbocycles. The van der Waals surface area contributed by atoms with E-state index in [1.165, 1.54) is 41.5 Å². The number of rotatable bonds is 2. The zero-order valence-corrected chi connectivity index (χ0v) is 9.09. The number of nitrogens with one attached hydrogen (secondary N) is 1. The van der Waals surface area contributed by atoms with Crippen LogP contribution in [0.3, 0.4) is 0 Å². The van der Waals surface area contributed by atoms with Crippen molar-refractivity contribution in [2.24, 2.45) is 0 Å². The molecule has 1 aliphatic heterocycles. The Bertz CT molecular complexity index is 496. The Labute approximate surface area is 89.9 Å². The second-order valence-electron chi connectivity index (χ2n) is 4.28. The van der Waals surface area contributed by atoms with Crippen LogP contribution in [-0.2, 0) is 19.5 Å². The van der Waals surface area contributed by atoms with E-state index in [1.807, 2.05) is 7.05 Å². The highest BCUT2D eigenvalue weighted by atomic mass is 15.0. The van der Waals surface area contributed by atoms with Crippen LogP contribution in [0.1, 0.15) is 17.7 Å². The molecule has 1 aliphatic rings. The number of hydrogen-bond acceptors (Lipinski definition) is 1. The summed E-state index contributed by atoms with van der Waals surface area (Å²) in [6, 6.07) is 8.98.